The maximum Gasteiger partial charge on any atom is 0.122 e. The van der Waals surface area contributed by atoms with Crippen molar-refractivity contribution in [3.8, 4) is 0 Å². The molecule has 1 atom stereocenters. The first kappa shape index (κ1) is 29.1. The summed E-state index contributed by atoms with van der Waals surface area (Å²) in [6, 6.07) is 39.1. The molecule has 0 bridgehead atoms. The van der Waals surface area contributed by atoms with Crippen molar-refractivity contribution in [1.29, 1.82) is 0 Å². The molecule has 0 aliphatic heterocycles. The molecule has 0 saturated heterocycles. The second-order valence-corrected chi connectivity index (χ2v) is 10.9. The smallest absolute Gasteiger partial charge is 0.122 e. The molecule has 2 heteroatoms. The second-order valence-electron chi connectivity index (χ2n) is 10.9. The van der Waals surface area contributed by atoms with Gasteiger partial charge in [0.05, 0.1) is 13.2 Å². The third-order valence-corrected chi connectivity index (χ3v) is 8.02. The van der Waals surface area contributed by atoms with E-state index in [2.05, 4.69) is 146 Å². The van der Waals surface area contributed by atoms with Gasteiger partial charge >= 0.3 is 0 Å². The van der Waals surface area contributed by atoms with Gasteiger partial charge in [-0.05, 0) is 64.8 Å². The summed E-state index contributed by atoms with van der Waals surface area (Å²) in [5, 5.41) is 0. The molecule has 4 aromatic carbocycles. The second kappa shape index (κ2) is 14.5. The van der Waals surface area contributed by atoms with Crippen molar-refractivity contribution in [2.45, 2.75) is 38.2 Å². The number of allylic oxidation sites excluding steroid dienone is 2. The Labute approximate surface area is 251 Å². The number of hydrogen-bond donors (Lipinski definition) is 0. The highest BCUT2D eigenvalue weighted by molar-refractivity contribution is 5.58. The van der Waals surface area contributed by atoms with Gasteiger partial charge in [0.15, 0.2) is 0 Å². The van der Waals surface area contributed by atoms with Crippen molar-refractivity contribution in [3.63, 3.8) is 0 Å². The molecule has 0 spiro atoms. The lowest BCUT2D eigenvalue weighted by Gasteiger charge is -2.24. The van der Waals surface area contributed by atoms with Crippen LogP contribution in [0.15, 0.2) is 144 Å². The van der Waals surface area contributed by atoms with Gasteiger partial charge in [0.25, 0.3) is 0 Å². The maximum absolute atomic E-state index is 5.87. The van der Waals surface area contributed by atoms with Crippen LogP contribution in [-0.2, 0) is 15.9 Å². The van der Waals surface area contributed by atoms with E-state index in [1.54, 1.807) is 14.2 Å². The van der Waals surface area contributed by atoms with Gasteiger partial charge in [-0.15, -0.1) is 0 Å². The molecular formula is C40H40O2. The van der Waals surface area contributed by atoms with Gasteiger partial charge in [0, 0.05) is 19.4 Å². The number of rotatable bonds is 11. The topological polar surface area (TPSA) is 18.5 Å². The Morgan fingerprint density at radius 2 is 1.26 bits per heavy atom. The van der Waals surface area contributed by atoms with Crippen LogP contribution in [0.25, 0.3) is 12.2 Å². The molecule has 4 aromatic rings. The van der Waals surface area contributed by atoms with Gasteiger partial charge in [0.1, 0.15) is 5.76 Å². The molecular weight excluding hydrogens is 512 g/mol. The third kappa shape index (κ3) is 7.66. The lowest BCUT2D eigenvalue weighted by atomic mass is 9.86. The van der Waals surface area contributed by atoms with Crippen LogP contribution in [0.3, 0.4) is 0 Å². The summed E-state index contributed by atoms with van der Waals surface area (Å²) in [4.78, 5) is 0. The summed E-state index contributed by atoms with van der Waals surface area (Å²) in [7, 11) is 3.51. The van der Waals surface area contributed by atoms with Crippen LogP contribution in [0.2, 0.25) is 0 Å². The Balaban J connectivity index is 1.27. The number of hydrogen-bond acceptors (Lipinski definition) is 2. The van der Waals surface area contributed by atoms with Gasteiger partial charge in [-0.2, -0.15) is 0 Å². The van der Waals surface area contributed by atoms with Crippen LogP contribution in [0.4, 0.5) is 0 Å². The molecule has 0 amide bonds. The first-order valence-corrected chi connectivity index (χ1v) is 14.8. The van der Waals surface area contributed by atoms with Crippen LogP contribution in [0.1, 0.15) is 52.1 Å². The molecule has 0 heterocycles. The predicted molar refractivity (Wildman–Crippen MR) is 176 cm³/mol. The highest BCUT2D eigenvalue weighted by Crippen LogP contribution is 2.31. The van der Waals surface area contributed by atoms with E-state index in [0.29, 0.717) is 5.92 Å². The van der Waals surface area contributed by atoms with E-state index in [0.717, 1.165) is 36.2 Å². The standard InChI is InChI=1S/C40H40O2/c1-30-14-16-31(17-15-30)22-25-36-28-40(42-3)37(29-39(36)41-2)26-23-32-18-20-33(21-19-32)24-27-38(34-10-6-4-7-11-34)35-12-8-5-9-13-35/h4-23,25-26,28,38-39H,24,27,29H2,1-3H3/b25-22+,26-23+. The average molecular weight is 553 g/mol. The van der Waals surface area contributed by atoms with Crippen molar-refractivity contribution in [3.05, 3.63) is 178 Å². The summed E-state index contributed by atoms with van der Waals surface area (Å²) in [5.74, 6) is 1.27. The van der Waals surface area contributed by atoms with Gasteiger partial charge in [-0.1, -0.05) is 139 Å². The lowest BCUT2D eigenvalue weighted by molar-refractivity contribution is 0.130. The van der Waals surface area contributed by atoms with Gasteiger partial charge in [-0.3, -0.25) is 0 Å². The lowest BCUT2D eigenvalue weighted by Crippen LogP contribution is -2.18. The fourth-order valence-electron chi connectivity index (χ4n) is 5.54. The molecule has 0 aromatic heterocycles. The number of methoxy groups -OCH3 is 2. The summed E-state index contributed by atoms with van der Waals surface area (Å²) in [6.07, 6.45) is 13.5. The minimum absolute atomic E-state index is 0.0187. The molecule has 0 fully saturated rings. The number of aryl methyl sites for hydroxylation is 2. The van der Waals surface area contributed by atoms with E-state index in [1.807, 2.05) is 0 Å². The van der Waals surface area contributed by atoms with Gasteiger partial charge in [0.2, 0.25) is 0 Å². The van der Waals surface area contributed by atoms with E-state index < -0.39 is 0 Å². The van der Waals surface area contributed by atoms with Crippen molar-refractivity contribution < 1.29 is 9.47 Å². The molecule has 5 rings (SSSR count). The third-order valence-electron chi connectivity index (χ3n) is 8.02. The minimum atomic E-state index is -0.0187. The average Bonchev–Trinajstić information content (AvgIpc) is 3.05. The van der Waals surface area contributed by atoms with Crippen LogP contribution in [-0.4, -0.2) is 20.3 Å². The molecule has 1 unspecified atom stereocenters. The molecule has 0 saturated carbocycles. The van der Waals surface area contributed by atoms with Crippen molar-refractivity contribution >= 4 is 12.2 Å². The monoisotopic (exact) mass is 552 g/mol. The molecule has 42 heavy (non-hydrogen) atoms. The molecule has 1 aliphatic rings. The molecule has 0 N–H and O–H groups in total. The van der Waals surface area contributed by atoms with Crippen LogP contribution < -0.4 is 0 Å². The van der Waals surface area contributed by atoms with E-state index in [4.69, 9.17) is 9.47 Å². The Morgan fingerprint density at radius 3 is 1.83 bits per heavy atom. The maximum atomic E-state index is 5.87. The zero-order chi connectivity index (χ0) is 29.1. The fourth-order valence-corrected chi connectivity index (χ4v) is 5.54. The zero-order valence-corrected chi connectivity index (χ0v) is 24.9. The summed E-state index contributed by atoms with van der Waals surface area (Å²) in [6.45, 7) is 2.10. The van der Waals surface area contributed by atoms with Gasteiger partial charge in [-0.25, -0.2) is 0 Å². The molecule has 212 valence electrons. The Hall–Kier alpha value is -4.40. The Morgan fingerprint density at radius 1 is 0.690 bits per heavy atom. The normalized spacial score (nSPS) is 15.5. The van der Waals surface area contributed by atoms with E-state index >= 15 is 0 Å². The van der Waals surface area contributed by atoms with Crippen LogP contribution in [0.5, 0.6) is 0 Å². The van der Waals surface area contributed by atoms with Crippen molar-refractivity contribution in [2.75, 3.05) is 14.2 Å². The summed E-state index contributed by atoms with van der Waals surface area (Å²) in [5.41, 5.74) is 9.94. The molecule has 0 radical (unpaired) electrons. The van der Waals surface area contributed by atoms with E-state index in [-0.39, 0.29) is 6.10 Å². The fraction of sp³-hybridized carbons (Fsp3) is 0.200. The van der Waals surface area contributed by atoms with Gasteiger partial charge < -0.3 is 9.47 Å². The van der Waals surface area contributed by atoms with E-state index in [1.165, 1.54) is 33.4 Å². The quantitative estimate of drug-likeness (QED) is 0.184. The number of ether oxygens (including phenoxy) is 2. The highest BCUT2D eigenvalue weighted by atomic mass is 16.5. The first-order valence-electron chi connectivity index (χ1n) is 14.8. The predicted octanol–water partition coefficient (Wildman–Crippen LogP) is 9.73. The highest BCUT2D eigenvalue weighted by Gasteiger charge is 2.21. The summed E-state index contributed by atoms with van der Waals surface area (Å²) >= 11 is 0. The Bertz CT molecular complexity index is 1500. The van der Waals surface area contributed by atoms with Crippen molar-refractivity contribution in [1.82, 2.24) is 0 Å². The SMILES string of the molecule is COC1=C(/C=C/c2ccc(CCC(c3ccccc3)c3ccccc3)cc2)CC(OC)C(/C=C/c2ccc(C)cc2)=C1. The zero-order valence-electron chi connectivity index (χ0n) is 24.9. The molecule has 2 nitrogen and oxygen atoms in total. The van der Waals surface area contributed by atoms with Crippen LogP contribution in [0, 0.1) is 6.92 Å². The largest absolute Gasteiger partial charge is 0.496 e. The Kier molecular flexibility index (Phi) is 10.0. The summed E-state index contributed by atoms with van der Waals surface area (Å²) < 4.78 is 11.7. The number of benzene rings is 4. The van der Waals surface area contributed by atoms with Crippen molar-refractivity contribution in [2.24, 2.45) is 0 Å². The minimum Gasteiger partial charge on any atom is -0.496 e. The van der Waals surface area contributed by atoms with Crippen LogP contribution >= 0.6 is 0 Å². The van der Waals surface area contributed by atoms with E-state index in [9.17, 15) is 0 Å². The first-order chi connectivity index (χ1) is 20.6. The molecule has 1 aliphatic carbocycles.